The monoisotopic (exact) mass is 395 g/mol. The SMILES string of the molecule is CCCn1c(=O)n(CCC(=O)NCCN2CCNCC2)c2ccccc21.Cl. The molecule has 27 heavy (non-hydrogen) atoms. The van der Waals surface area contributed by atoms with Crippen molar-refractivity contribution < 1.29 is 4.79 Å². The van der Waals surface area contributed by atoms with Crippen LogP contribution in [0.1, 0.15) is 19.8 Å². The second-order valence-electron chi connectivity index (χ2n) is 6.77. The fourth-order valence-corrected chi connectivity index (χ4v) is 3.52. The van der Waals surface area contributed by atoms with Crippen LogP contribution in [-0.2, 0) is 17.9 Å². The van der Waals surface area contributed by atoms with Gasteiger partial charge in [-0.2, -0.15) is 0 Å². The number of carbonyl (C=O) groups excluding carboxylic acids is 1. The summed E-state index contributed by atoms with van der Waals surface area (Å²) in [6.07, 6.45) is 1.22. The van der Waals surface area contributed by atoms with Crippen LogP contribution in [0.4, 0.5) is 0 Å². The molecule has 0 unspecified atom stereocenters. The fourth-order valence-electron chi connectivity index (χ4n) is 3.52. The second kappa shape index (κ2) is 10.5. The number of rotatable bonds is 8. The number of piperazine rings is 1. The number of aryl methyl sites for hydroxylation is 2. The van der Waals surface area contributed by atoms with E-state index in [9.17, 15) is 9.59 Å². The van der Waals surface area contributed by atoms with Gasteiger partial charge in [-0.05, 0) is 18.6 Å². The topological polar surface area (TPSA) is 71.3 Å². The molecule has 2 N–H and O–H groups in total. The molecule has 1 aliphatic rings. The molecule has 1 aromatic heterocycles. The number of halogens is 1. The van der Waals surface area contributed by atoms with E-state index in [1.54, 1.807) is 9.13 Å². The number of amides is 1. The maximum Gasteiger partial charge on any atom is 0.329 e. The quantitative estimate of drug-likeness (QED) is 0.700. The van der Waals surface area contributed by atoms with E-state index < -0.39 is 0 Å². The van der Waals surface area contributed by atoms with Gasteiger partial charge in [-0.3, -0.25) is 18.8 Å². The van der Waals surface area contributed by atoms with Crippen molar-refractivity contribution in [2.24, 2.45) is 0 Å². The summed E-state index contributed by atoms with van der Waals surface area (Å²) >= 11 is 0. The van der Waals surface area contributed by atoms with Crippen LogP contribution < -0.4 is 16.3 Å². The van der Waals surface area contributed by atoms with E-state index in [4.69, 9.17) is 0 Å². The van der Waals surface area contributed by atoms with Crippen molar-refractivity contribution >= 4 is 29.3 Å². The Bertz CT molecular complexity index is 795. The van der Waals surface area contributed by atoms with Crippen LogP contribution in [0.2, 0.25) is 0 Å². The number of benzene rings is 1. The van der Waals surface area contributed by atoms with Crippen LogP contribution in [0.3, 0.4) is 0 Å². The molecular formula is C19H30ClN5O2. The Hall–Kier alpha value is -1.83. The van der Waals surface area contributed by atoms with Crippen molar-refractivity contribution in [2.75, 3.05) is 39.3 Å². The molecule has 1 fully saturated rings. The van der Waals surface area contributed by atoms with Gasteiger partial charge in [0.1, 0.15) is 0 Å². The lowest BCUT2D eigenvalue weighted by Crippen LogP contribution is -2.46. The molecule has 7 nitrogen and oxygen atoms in total. The zero-order chi connectivity index (χ0) is 18.4. The first-order valence-electron chi connectivity index (χ1n) is 9.58. The number of imidazole rings is 1. The molecule has 0 atom stereocenters. The van der Waals surface area contributed by atoms with Crippen molar-refractivity contribution in [2.45, 2.75) is 32.9 Å². The number of hydrogen-bond acceptors (Lipinski definition) is 4. The number of fused-ring (bicyclic) bond motifs is 1. The van der Waals surface area contributed by atoms with Crippen LogP contribution in [0.15, 0.2) is 29.1 Å². The second-order valence-corrected chi connectivity index (χ2v) is 6.77. The minimum absolute atomic E-state index is 0. The van der Waals surface area contributed by atoms with Crippen molar-refractivity contribution in [1.29, 1.82) is 0 Å². The van der Waals surface area contributed by atoms with Gasteiger partial charge in [-0.1, -0.05) is 19.1 Å². The number of carbonyl (C=O) groups is 1. The minimum atomic E-state index is -0.0262. The Balaban J connectivity index is 0.00000261. The summed E-state index contributed by atoms with van der Waals surface area (Å²) in [5.74, 6) is -0.000595. The molecule has 1 aliphatic heterocycles. The first-order chi connectivity index (χ1) is 12.7. The highest BCUT2D eigenvalue weighted by atomic mass is 35.5. The number of nitrogens with one attached hydrogen (secondary N) is 2. The highest BCUT2D eigenvalue weighted by molar-refractivity contribution is 5.85. The zero-order valence-corrected chi connectivity index (χ0v) is 16.8. The number of aromatic nitrogens is 2. The summed E-state index contributed by atoms with van der Waals surface area (Å²) in [5.41, 5.74) is 1.82. The van der Waals surface area contributed by atoms with E-state index in [2.05, 4.69) is 22.5 Å². The third kappa shape index (κ3) is 5.34. The Labute approximate surface area is 166 Å². The third-order valence-electron chi connectivity index (χ3n) is 4.89. The molecule has 2 heterocycles. The first kappa shape index (κ1) is 21.5. The van der Waals surface area contributed by atoms with Crippen molar-refractivity contribution in [3.8, 4) is 0 Å². The number of hydrogen-bond donors (Lipinski definition) is 2. The lowest BCUT2D eigenvalue weighted by Gasteiger charge is -2.27. The average Bonchev–Trinajstić information content (AvgIpc) is 2.93. The molecule has 8 heteroatoms. The van der Waals surface area contributed by atoms with Crippen LogP contribution >= 0.6 is 12.4 Å². The minimum Gasteiger partial charge on any atom is -0.355 e. The van der Waals surface area contributed by atoms with Gasteiger partial charge in [0.05, 0.1) is 11.0 Å². The number of para-hydroxylation sites is 2. The zero-order valence-electron chi connectivity index (χ0n) is 15.9. The van der Waals surface area contributed by atoms with Gasteiger partial charge in [0, 0.05) is 58.8 Å². The summed E-state index contributed by atoms with van der Waals surface area (Å²) in [4.78, 5) is 27.2. The highest BCUT2D eigenvalue weighted by Crippen LogP contribution is 2.13. The molecule has 2 aromatic rings. The lowest BCUT2D eigenvalue weighted by atomic mass is 10.3. The van der Waals surface area contributed by atoms with E-state index in [1.807, 2.05) is 24.3 Å². The standard InChI is InChI=1S/C19H29N5O2.ClH/c1-2-11-23-16-5-3-4-6-17(16)24(19(23)26)12-7-18(25)21-10-15-22-13-8-20-9-14-22;/h3-6,20H,2,7-15H2,1H3,(H,21,25);1H. The van der Waals surface area contributed by atoms with Gasteiger partial charge in [-0.25, -0.2) is 4.79 Å². The molecule has 0 bridgehead atoms. The Morgan fingerprint density at radius 3 is 2.33 bits per heavy atom. The van der Waals surface area contributed by atoms with Crippen molar-refractivity contribution in [1.82, 2.24) is 24.7 Å². The summed E-state index contributed by atoms with van der Waals surface area (Å²) in [7, 11) is 0. The van der Waals surface area contributed by atoms with Crippen LogP contribution in [0.5, 0.6) is 0 Å². The molecule has 0 radical (unpaired) electrons. The fraction of sp³-hybridized carbons (Fsp3) is 0.579. The summed E-state index contributed by atoms with van der Waals surface area (Å²) < 4.78 is 3.53. The van der Waals surface area contributed by atoms with Gasteiger partial charge in [0.15, 0.2) is 0 Å². The Kier molecular flexibility index (Phi) is 8.34. The summed E-state index contributed by atoms with van der Waals surface area (Å²) in [6, 6.07) is 7.80. The van der Waals surface area contributed by atoms with E-state index in [-0.39, 0.29) is 24.0 Å². The summed E-state index contributed by atoms with van der Waals surface area (Å²) in [6.45, 7) is 8.79. The predicted octanol–water partition coefficient (Wildman–Crippen LogP) is 1.05. The summed E-state index contributed by atoms with van der Waals surface area (Å²) in [5, 5.41) is 6.30. The maximum atomic E-state index is 12.7. The van der Waals surface area contributed by atoms with Gasteiger partial charge in [-0.15, -0.1) is 12.4 Å². The largest absolute Gasteiger partial charge is 0.355 e. The lowest BCUT2D eigenvalue weighted by molar-refractivity contribution is -0.121. The van der Waals surface area contributed by atoms with Crippen molar-refractivity contribution in [3.05, 3.63) is 34.7 Å². The first-order valence-corrected chi connectivity index (χ1v) is 9.58. The van der Waals surface area contributed by atoms with E-state index in [0.717, 1.165) is 50.2 Å². The van der Waals surface area contributed by atoms with E-state index in [1.165, 1.54) is 0 Å². The van der Waals surface area contributed by atoms with Gasteiger partial charge in [0.2, 0.25) is 5.91 Å². The maximum absolute atomic E-state index is 12.7. The van der Waals surface area contributed by atoms with E-state index in [0.29, 0.717) is 26.1 Å². The predicted molar refractivity (Wildman–Crippen MR) is 111 cm³/mol. The molecule has 1 amide bonds. The molecule has 0 saturated carbocycles. The van der Waals surface area contributed by atoms with Gasteiger partial charge >= 0.3 is 5.69 Å². The van der Waals surface area contributed by atoms with Gasteiger partial charge < -0.3 is 10.6 Å². The Morgan fingerprint density at radius 2 is 1.70 bits per heavy atom. The molecule has 0 aliphatic carbocycles. The molecule has 0 spiro atoms. The van der Waals surface area contributed by atoms with Gasteiger partial charge in [0.25, 0.3) is 0 Å². The highest BCUT2D eigenvalue weighted by Gasteiger charge is 2.14. The molecule has 150 valence electrons. The van der Waals surface area contributed by atoms with Crippen LogP contribution in [0, 0.1) is 0 Å². The van der Waals surface area contributed by atoms with Crippen LogP contribution in [0.25, 0.3) is 11.0 Å². The van der Waals surface area contributed by atoms with Crippen LogP contribution in [-0.4, -0.2) is 59.2 Å². The third-order valence-corrected chi connectivity index (χ3v) is 4.89. The molecule has 1 aromatic carbocycles. The van der Waals surface area contributed by atoms with E-state index >= 15 is 0 Å². The molecule has 3 rings (SSSR count). The molecular weight excluding hydrogens is 366 g/mol. The average molecular weight is 396 g/mol. The van der Waals surface area contributed by atoms with Crippen molar-refractivity contribution in [3.63, 3.8) is 0 Å². The number of nitrogens with zero attached hydrogens (tertiary/aromatic N) is 3. The Morgan fingerprint density at radius 1 is 1.07 bits per heavy atom. The smallest absolute Gasteiger partial charge is 0.329 e. The normalized spacial score (nSPS) is 14.9. The molecule has 1 saturated heterocycles.